The van der Waals surface area contributed by atoms with Crippen LogP contribution in [0.1, 0.15) is 63.0 Å². The number of hydrogen-bond donors (Lipinski definition) is 1. The molecule has 1 amide bonds. The molecule has 7 nitrogen and oxygen atoms in total. The highest BCUT2D eigenvalue weighted by atomic mass is 16.1. The maximum absolute atomic E-state index is 11.1. The third kappa shape index (κ3) is 4.22. The predicted octanol–water partition coefficient (Wildman–Crippen LogP) is 2.23. The summed E-state index contributed by atoms with van der Waals surface area (Å²) >= 11 is 0. The van der Waals surface area contributed by atoms with Gasteiger partial charge in [-0.25, -0.2) is 15.0 Å². The number of carbonyl (C=O) groups excluding carboxylic acids is 1. The summed E-state index contributed by atoms with van der Waals surface area (Å²) in [6.07, 6.45) is 7.87. The Morgan fingerprint density at radius 3 is 2.96 bits per heavy atom. The number of hydrogen-bond acceptors (Lipinski definition) is 5. The first-order valence-corrected chi connectivity index (χ1v) is 8.86. The first-order chi connectivity index (χ1) is 12.0. The van der Waals surface area contributed by atoms with Crippen molar-refractivity contribution in [2.75, 3.05) is 6.54 Å². The fourth-order valence-corrected chi connectivity index (χ4v) is 3.31. The SMILES string of the molecule is CC(=O)NCc1ccnc(C2CCCN2Cc2nccn2C(C)C)n1. The molecule has 1 unspecified atom stereocenters. The molecular weight excluding hydrogens is 316 g/mol. The van der Waals surface area contributed by atoms with Gasteiger partial charge in [0.1, 0.15) is 11.6 Å². The minimum Gasteiger partial charge on any atom is -0.351 e. The molecule has 25 heavy (non-hydrogen) atoms. The molecule has 2 aromatic rings. The number of rotatable bonds is 6. The van der Waals surface area contributed by atoms with E-state index >= 15 is 0 Å². The number of nitrogens with zero attached hydrogens (tertiary/aromatic N) is 5. The second kappa shape index (κ2) is 7.74. The molecule has 3 rings (SSSR count). The van der Waals surface area contributed by atoms with Crippen molar-refractivity contribution in [1.29, 1.82) is 0 Å². The minimum absolute atomic E-state index is 0.0526. The average Bonchev–Trinajstić information content (AvgIpc) is 3.23. The Bertz CT molecular complexity index is 726. The molecule has 0 saturated carbocycles. The molecule has 134 valence electrons. The molecule has 0 bridgehead atoms. The zero-order chi connectivity index (χ0) is 17.8. The smallest absolute Gasteiger partial charge is 0.217 e. The van der Waals surface area contributed by atoms with E-state index in [1.54, 1.807) is 6.20 Å². The lowest BCUT2D eigenvalue weighted by molar-refractivity contribution is -0.119. The van der Waals surface area contributed by atoms with Gasteiger partial charge in [-0.1, -0.05) is 0 Å². The van der Waals surface area contributed by atoms with Crippen molar-refractivity contribution in [3.63, 3.8) is 0 Å². The third-order valence-corrected chi connectivity index (χ3v) is 4.56. The molecule has 7 heteroatoms. The second-order valence-corrected chi connectivity index (χ2v) is 6.79. The second-order valence-electron chi connectivity index (χ2n) is 6.79. The van der Waals surface area contributed by atoms with Gasteiger partial charge in [0.25, 0.3) is 0 Å². The van der Waals surface area contributed by atoms with Crippen LogP contribution < -0.4 is 5.32 Å². The van der Waals surface area contributed by atoms with Crippen molar-refractivity contribution in [3.05, 3.63) is 42.0 Å². The molecule has 1 atom stereocenters. The van der Waals surface area contributed by atoms with Crippen LogP contribution in [0, 0.1) is 0 Å². The Hall–Kier alpha value is -2.28. The Kier molecular flexibility index (Phi) is 5.43. The first-order valence-electron chi connectivity index (χ1n) is 8.86. The molecule has 0 spiro atoms. The summed E-state index contributed by atoms with van der Waals surface area (Å²) in [6.45, 7) is 8.11. The van der Waals surface area contributed by atoms with Crippen molar-refractivity contribution in [2.24, 2.45) is 0 Å². The van der Waals surface area contributed by atoms with E-state index in [1.807, 2.05) is 18.5 Å². The molecule has 1 fully saturated rings. The van der Waals surface area contributed by atoms with Crippen LogP contribution in [0.4, 0.5) is 0 Å². The average molecular weight is 342 g/mol. The van der Waals surface area contributed by atoms with E-state index in [0.717, 1.165) is 43.3 Å². The van der Waals surface area contributed by atoms with Crippen molar-refractivity contribution >= 4 is 5.91 Å². The molecule has 0 aromatic carbocycles. The van der Waals surface area contributed by atoms with Gasteiger partial charge in [-0.3, -0.25) is 9.69 Å². The molecule has 0 radical (unpaired) electrons. The van der Waals surface area contributed by atoms with Crippen molar-refractivity contribution in [1.82, 2.24) is 29.7 Å². The summed E-state index contributed by atoms with van der Waals surface area (Å²) in [7, 11) is 0. The zero-order valence-corrected chi connectivity index (χ0v) is 15.1. The summed E-state index contributed by atoms with van der Waals surface area (Å²) in [5.74, 6) is 1.86. The Labute approximate surface area is 148 Å². The summed E-state index contributed by atoms with van der Waals surface area (Å²) in [5, 5.41) is 2.79. The summed E-state index contributed by atoms with van der Waals surface area (Å²) < 4.78 is 2.21. The molecule has 0 aliphatic carbocycles. The van der Waals surface area contributed by atoms with Gasteiger partial charge in [0.15, 0.2) is 0 Å². The van der Waals surface area contributed by atoms with Crippen LogP contribution in [0.25, 0.3) is 0 Å². The molecule has 1 saturated heterocycles. The van der Waals surface area contributed by atoms with E-state index < -0.39 is 0 Å². The van der Waals surface area contributed by atoms with E-state index in [0.29, 0.717) is 12.6 Å². The predicted molar refractivity (Wildman–Crippen MR) is 94.5 cm³/mol. The molecular formula is C18H26N6O. The fraction of sp³-hybridized carbons (Fsp3) is 0.556. The largest absolute Gasteiger partial charge is 0.351 e. The van der Waals surface area contributed by atoms with E-state index in [2.05, 4.69) is 43.6 Å². The van der Waals surface area contributed by atoms with Crippen LogP contribution in [0.3, 0.4) is 0 Å². The van der Waals surface area contributed by atoms with Gasteiger partial charge in [-0.2, -0.15) is 0 Å². The summed E-state index contributed by atoms with van der Waals surface area (Å²) in [4.78, 5) is 27.2. The van der Waals surface area contributed by atoms with Gasteiger partial charge in [0, 0.05) is 31.6 Å². The van der Waals surface area contributed by atoms with Crippen molar-refractivity contribution in [2.45, 2.75) is 58.8 Å². The van der Waals surface area contributed by atoms with Gasteiger partial charge >= 0.3 is 0 Å². The highest BCUT2D eigenvalue weighted by Crippen LogP contribution is 2.31. The minimum atomic E-state index is -0.0526. The van der Waals surface area contributed by atoms with Crippen LogP contribution in [0.2, 0.25) is 0 Å². The van der Waals surface area contributed by atoms with Gasteiger partial charge in [-0.05, 0) is 39.3 Å². The lowest BCUT2D eigenvalue weighted by Gasteiger charge is -2.24. The van der Waals surface area contributed by atoms with Crippen molar-refractivity contribution in [3.8, 4) is 0 Å². The molecule has 1 aliphatic heterocycles. The third-order valence-electron chi connectivity index (χ3n) is 4.56. The van der Waals surface area contributed by atoms with Gasteiger partial charge < -0.3 is 9.88 Å². The monoisotopic (exact) mass is 342 g/mol. The van der Waals surface area contributed by atoms with Crippen molar-refractivity contribution < 1.29 is 4.79 Å². The fourth-order valence-electron chi connectivity index (χ4n) is 3.31. The van der Waals surface area contributed by atoms with Crippen LogP contribution in [-0.4, -0.2) is 36.9 Å². The standard InChI is InChI=1S/C18H26N6O/c1-13(2)24-10-8-19-17(24)12-23-9-4-5-16(23)18-20-7-6-15(22-18)11-21-14(3)25/h6-8,10,13,16H,4-5,9,11-12H2,1-3H3,(H,21,25). The highest BCUT2D eigenvalue weighted by Gasteiger charge is 2.29. The van der Waals surface area contributed by atoms with Crippen LogP contribution in [0.15, 0.2) is 24.7 Å². The van der Waals surface area contributed by atoms with Crippen LogP contribution in [0.5, 0.6) is 0 Å². The maximum atomic E-state index is 11.1. The first kappa shape index (κ1) is 17.5. The molecule has 2 aromatic heterocycles. The van der Waals surface area contributed by atoms with Crippen LogP contribution >= 0.6 is 0 Å². The maximum Gasteiger partial charge on any atom is 0.217 e. The van der Waals surface area contributed by atoms with Crippen LogP contribution in [-0.2, 0) is 17.9 Å². The van der Waals surface area contributed by atoms with Gasteiger partial charge in [0.2, 0.25) is 5.91 Å². The molecule has 1 N–H and O–H groups in total. The quantitative estimate of drug-likeness (QED) is 0.871. The lowest BCUT2D eigenvalue weighted by atomic mass is 10.2. The number of amides is 1. The number of nitrogens with one attached hydrogen (secondary N) is 1. The summed E-state index contributed by atoms with van der Waals surface area (Å²) in [5.41, 5.74) is 0.843. The Morgan fingerprint density at radius 1 is 1.36 bits per heavy atom. The molecule has 3 heterocycles. The number of likely N-dealkylation sites (tertiary alicyclic amines) is 1. The van der Waals surface area contributed by atoms with E-state index in [-0.39, 0.29) is 11.9 Å². The molecule has 1 aliphatic rings. The van der Waals surface area contributed by atoms with E-state index in [1.165, 1.54) is 6.92 Å². The topological polar surface area (TPSA) is 75.9 Å². The lowest BCUT2D eigenvalue weighted by Crippen LogP contribution is -2.27. The Balaban J connectivity index is 1.74. The van der Waals surface area contributed by atoms with E-state index in [9.17, 15) is 4.79 Å². The Morgan fingerprint density at radius 2 is 2.20 bits per heavy atom. The summed E-state index contributed by atoms with van der Waals surface area (Å²) in [6, 6.07) is 2.45. The van der Waals surface area contributed by atoms with Gasteiger partial charge in [0.05, 0.1) is 24.8 Å². The zero-order valence-electron chi connectivity index (χ0n) is 15.1. The van der Waals surface area contributed by atoms with E-state index in [4.69, 9.17) is 0 Å². The number of carbonyl (C=O) groups is 1. The number of imidazole rings is 1. The van der Waals surface area contributed by atoms with Gasteiger partial charge in [-0.15, -0.1) is 0 Å². The normalized spacial score (nSPS) is 18.0. The number of aromatic nitrogens is 4. The highest BCUT2D eigenvalue weighted by molar-refractivity contribution is 5.72.